The fourth-order valence-corrected chi connectivity index (χ4v) is 2.42. The van der Waals surface area contributed by atoms with Gasteiger partial charge in [0.05, 0.1) is 5.38 Å². The third-order valence-electron chi connectivity index (χ3n) is 3.69. The summed E-state index contributed by atoms with van der Waals surface area (Å²) in [6.07, 6.45) is 0. The van der Waals surface area contributed by atoms with Crippen LogP contribution >= 0.6 is 11.6 Å². The lowest BCUT2D eigenvalue weighted by Gasteiger charge is -2.22. The Morgan fingerprint density at radius 3 is 1.90 bits per heavy atom. The molecule has 0 spiro atoms. The largest absolute Gasteiger partial charge is 0.457 e. The molecule has 2 aromatic rings. The third-order valence-corrected chi connectivity index (χ3v) is 4.34. The minimum atomic E-state index is 0.0424. The molecule has 0 aromatic heterocycles. The first-order valence-corrected chi connectivity index (χ1v) is 7.48. The highest BCUT2D eigenvalue weighted by Gasteiger charge is 2.19. The highest BCUT2D eigenvalue weighted by molar-refractivity contribution is 6.21. The zero-order valence-electron chi connectivity index (χ0n) is 12.2. The summed E-state index contributed by atoms with van der Waals surface area (Å²) in [5.41, 5.74) is 1.15. The number of rotatable bonds is 5. The molecule has 0 aliphatic carbocycles. The molecule has 0 fully saturated rings. The van der Waals surface area contributed by atoms with Crippen molar-refractivity contribution >= 4 is 11.6 Å². The molecule has 2 aromatic carbocycles. The maximum Gasteiger partial charge on any atom is 0.127 e. The average molecular weight is 289 g/mol. The summed E-state index contributed by atoms with van der Waals surface area (Å²) < 4.78 is 5.78. The first kappa shape index (κ1) is 14.9. The molecule has 0 radical (unpaired) electrons. The van der Waals surface area contributed by atoms with E-state index in [-0.39, 0.29) is 5.38 Å². The average Bonchev–Trinajstić information content (AvgIpc) is 2.47. The number of alkyl halides is 1. The fraction of sp³-hybridized carbons (Fsp3) is 0.333. The van der Waals surface area contributed by atoms with Gasteiger partial charge in [-0.15, -0.1) is 11.6 Å². The molecule has 2 unspecified atom stereocenters. The number of ether oxygens (including phenoxy) is 1. The molecule has 1 nitrogen and oxygen atoms in total. The number of benzene rings is 2. The molecule has 2 atom stereocenters. The molecule has 0 bridgehead atoms. The zero-order valence-corrected chi connectivity index (χ0v) is 13.0. The topological polar surface area (TPSA) is 9.23 Å². The van der Waals surface area contributed by atoms with Crippen molar-refractivity contribution in [2.24, 2.45) is 11.8 Å². The first-order valence-electron chi connectivity index (χ1n) is 7.05. The van der Waals surface area contributed by atoms with Crippen LogP contribution in [0.1, 0.15) is 31.7 Å². The van der Waals surface area contributed by atoms with E-state index in [4.69, 9.17) is 16.3 Å². The summed E-state index contributed by atoms with van der Waals surface area (Å²) >= 11 is 6.52. The summed E-state index contributed by atoms with van der Waals surface area (Å²) in [6, 6.07) is 17.8. The van der Waals surface area contributed by atoms with E-state index in [1.54, 1.807) is 0 Å². The van der Waals surface area contributed by atoms with E-state index in [9.17, 15) is 0 Å². The number of para-hydroxylation sites is 1. The van der Waals surface area contributed by atoms with Crippen LogP contribution in [-0.4, -0.2) is 0 Å². The standard InChI is InChI=1S/C18H21ClO/c1-13(2)14(3)18(19)15-9-11-17(12-10-15)20-16-7-5-4-6-8-16/h4-14,18H,1-3H3. The molecular weight excluding hydrogens is 268 g/mol. The van der Waals surface area contributed by atoms with Gasteiger partial charge in [-0.25, -0.2) is 0 Å². The van der Waals surface area contributed by atoms with Crippen molar-refractivity contribution in [3.63, 3.8) is 0 Å². The van der Waals surface area contributed by atoms with E-state index >= 15 is 0 Å². The van der Waals surface area contributed by atoms with Crippen molar-refractivity contribution in [2.75, 3.05) is 0 Å². The Balaban J connectivity index is 2.06. The molecule has 0 amide bonds. The van der Waals surface area contributed by atoms with Crippen LogP contribution in [-0.2, 0) is 0 Å². The lowest BCUT2D eigenvalue weighted by atomic mass is 9.90. The number of hydrogen-bond acceptors (Lipinski definition) is 1. The van der Waals surface area contributed by atoms with Crippen molar-refractivity contribution in [1.29, 1.82) is 0 Å². The van der Waals surface area contributed by atoms with Crippen molar-refractivity contribution in [1.82, 2.24) is 0 Å². The van der Waals surface area contributed by atoms with Crippen LogP contribution in [0, 0.1) is 11.8 Å². The maximum absolute atomic E-state index is 6.52. The third kappa shape index (κ3) is 3.77. The Bertz CT molecular complexity index is 519. The zero-order chi connectivity index (χ0) is 14.5. The molecule has 20 heavy (non-hydrogen) atoms. The molecule has 0 aliphatic heterocycles. The lowest BCUT2D eigenvalue weighted by Crippen LogP contribution is -2.10. The second-order valence-electron chi connectivity index (χ2n) is 5.49. The van der Waals surface area contributed by atoms with Gasteiger partial charge in [0.15, 0.2) is 0 Å². The molecular formula is C18H21ClO. The lowest BCUT2D eigenvalue weighted by molar-refractivity contribution is 0.406. The summed E-state index contributed by atoms with van der Waals surface area (Å²) in [6.45, 7) is 6.59. The van der Waals surface area contributed by atoms with Crippen LogP contribution in [0.25, 0.3) is 0 Å². The van der Waals surface area contributed by atoms with E-state index in [2.05, 4.69) is 32.9 Å². The van der Waals surface area contributed by atoms with Crippen LogP contribution in [0.5, 0.6) is 11.5 Å². The second-order valence-corrected chi connectivity index (χ2v) is 5.96. The van der Waals surface area contributed by atoms with Crippen molar-refractivity contribution in [3.05, 3.63) is 60.2 Å². The summed E-state index contributed by atoms with van der Waals surface area (Å²) in [4.78, 5) is 0. The first-order chi connectivity index (χ1) is 9.58. The van der Waals surface area contributed by atoms with Crippen LogP contribution < -0.4 is 4.74 Å². The summed E-state index contributed by atoms with van der Waals surface area (Å²) in [5.74, 6) is 2.69. The molecule has 2 rings (SSSR count). The van der Waals surface area contributed by atoms with Crippen LogP contribution in [0.15, 0.2) is 54.6 Å². The molecule has 0 saturated heterocycles. The van der Waals surface area contributed by atoms with E-state index in [0.717, 1.165) is 17.1 Å². The monoisotopic (exact) mass is 288 g/mol. The second kappa shape index (κ2) is 6.81. The van der Waals surface area contributed by atoms with Gasteiger partial charge < -0.3 is 4.74 Å². The van der Waals surface area contributed by atoms with Crippen LogP contribution in [0.4, 0.5) is 0 Å². The maximum atomic E-state index is 6.52. The van der Waals surface area contributed by atoms with Gasteiger partial charge in [-0.3, -0.25) is 0 Å². The van der Waals surface area contributed by atoms with Gasteiger partial charge in [-0.05, 0) is 41.7 Å². The Hall–Kier alpha value is -1.47. The summed E-state index contributed by atoms with van der Waals surface area (Å²) in [5, 5.41) is 0.0424. The number of halogens is 1. The van der Waals surface area contributed by atoms with Gasteiger partial charge in [0, 0.05) is 0 Å². The van der Waals surface area contributed by atoms with Crippen molar-refractivity contribution in [2.45, 2.75) is 26.1 Å². The van der Waals surface area contributed by atoms with E-state index in [0.29, 0.717) is 11.8 Å². The normalized spacial score (nSPS) is 14.1. The smallest absolute Gasteiger partial charge is 0.127 e. The van der Waals surface area contributed by atoms with Gasteiger partial charge in [0.2, 0.25) is 0 Å². The van der Waals surface area contributed by atoms with Crippen LogP contribution in [0.2, 0.25) is 0 Å². The fourth-order valence-electron chi connectivity index (χ4n) is 1.99. The van der Waals surface area contributed by atoms with E-state index in [1.165, 1.54) is 0 Å². The van der Waals surface area contributed by atoms with Crippen molar-refractivity contribution in [3.8, 4) is 11.5 Å². The minimum absolute atomic E-state index is 0.0424. The van der Waals surface area contributed by atoms with Gasteiger partial charge in [0.25, 0.3) is 0 Å². The van der Waals surface area contributed by atoms with E-state index < -0.39 is 0 Å². The molecule has 106 valence electrons. The Morgan fingerprint density at radius 2 is 1.35 bits per heavy atom. The minimum Gasteiger partial charge on any atom is -0.457 e. The summed E-state index contributed by atoms with van der Waals surface area (Å²) in [7, 11) is 0. The predicted octanol–water partition coefficient (Wildman–Crippen LogP) is 6.05. The van der Waals surface area contributed by atoms with Gasteiger partial charge in [-0.1, -0.05) is 51.1 Å². The van der Waals surface area contributed by atoms with Crippen LogP contribution in [0.3, 0.4) is 0 Å². The molecule has 0 heterocycles. The SMILES string of the molecule is CC(C)C(C)C(Cl)c1ccc(Oc2ccccc2)cc1. The van der Waals surface area contributed by atoms with Gasteiger partial charge in [0.1, 0.15) is 11.5 Å². The Labute approximate surface area is 126 Å². The molecule has 0 saturated carbocycles. The van der Waals surface area contributed by atoms with Gasteiger partial charge in [-0.2, -0.15) is 0 Å². The van der Waals surface area contributed by atoms with E-state index in [1.807, 2.05) is 42.5 Å². The Morgan fingerprint density at radius 1 is 0.800 bits per heavy atom. The molecule has 2 heteroatoms. The highest BCUT2D eigenvalue weighted by atomic mass is 35.5. The molecule has 0 N–H and O–H groups in total. The highest BCUT2D eigenvalue weighted by Crippen LogP contribution is 2.34. The van der Waals surface area contributed by atoms with Crippen molar-refractivity contribution < 1.29 is 4.74 Å². The van der Waals surface area contributed by atoms with Gasteiger partial charge >= 0.3 is 0 Å². The molecule has 0 aliphatic rings. The predicted molar refractivity (Wildman–Crippen MR) is 85.6 cm³/mol. The Kier molecular flexibility index (Phi) is 5.08. The number of hydrogen-bond donors (Lipinski definition) is 0. The quantitative estimate of drug-likeness (QED) is 0.608.